The van der Waals surface area contributed by atoms with Crippen molar-refractivity contribution >= 4 is 33.4 Å². The van der Waals surface area contributed by atoms with Crippen molar-refractivity contribution in [1.29, 1.82) is 0 Å². The lowest BCUT2D eigenvalue weighted by Gasteiger charge is -2.13. The molecule has 2 rings (SSSR count). The zero-order chi connectivity index (χ0) is 18.8. The highest BCUT2D eigenvalue weighted by atomic mass is 35.5. The van der Waals surface area contributed by atoms with E-state index in [4.69, 9.17) is 16.3 Å². The summed E-state index contributed by atoms with van der Waals surface area (Å²) in [7, 11) is -0.950. The van der Waals surface area contributed by atoms with Crippen molar-refractivity contribution in [3.05, 3.63) is 58.6 Å². The minimum atomic E-state index is -3.72. The smallest absolute Gasteiger partial charge is 0.345 e. The van der Waals surface area contributed by atoms with Gasteiger partial charge >= 0.3 is 5.97 Å². The van der Waals surface area contributed by atoms with Crippen LogP contribution in [0.1, 0.15) is 27.6 Å². The second kappa shape index (κ2) is 7.35. The number of Topliss-reactive ketones (excluding diaryl/α,β-unsaturated/α-hetero) is 1. The van der Waals surface area contributed by atoms with Crippen molar-refractivity contribution in [2.45, 2.75) is 11.8 Å². The second-order valence-electron chi connectivity index (χ2n) is 5.40. The van der Waals surface area contributed by atoms with Crippen molar-refractivity contribution in [2.24, 2.45) is 0 Å². The lowest BCUT2D eigenvalue weighted by Crippen LogP contribution is -2.22. The first-order valence-electron chi connectivity index (χ1n) is 7.18. The van der Waals surface area contributed by atoms with Gasteiger partial charge in [-0.1, -0.05) is 23.7 Å². The van der Waals surface area contributed by atoms with Crippen LogP contribution in [-0.2, 0) is 10.0 Å². The lowest BCUT2D eigenvalue weighted by molar-refractivity contribution is 0.0733. The van der Waals surface area contributed by atoms with E-state index in [1.807, 2.05) is 0 Å². The minimum Gasteiger partial charge on any atom is -0.423 e. The van der Waals surface area contributed by atoms with E-state index in [1.54, 1.807) is 12.1 Å². The van der Waals surface area contributed by atoms with E-state index in [0.717, 1.165) is 10.4 Å². The van der Waals surface area contributed by atoms with E-state index in [9.17, 15) is 18.0 Å². The standard InChI is InChI=1S/C17H16ClNO5S/c1-11(20)12-5-4-6-13(9-12)24-17(21)15-10-14(7-8-16(15)18)25(22,23)19(2)3/h4-10H,1-3H3. The molecule has 0 aliphatic heterocycles. The fraction of sp³-hybridized carbons (Fsp3) is 0.176. The molecule has 0 saturated carbocycles. The number of halogens is 1. The second-order valence-corrected chi connectivity index (χ2v) is 7.96. The third kappa shape index (κ3) is 4.25. The van der Waals surface area contributed by atoms with E-state index in [2.05, 4.69) is 0 Å². The highest BCUT2D eigenvalue weighted by Crippen LogP contribution is 2.24. The van der Waals surface area contributed by atoms with E-state index < -0.39 is 16.0 Å². The van der Waals surface area contributed by atoms with Gasteiger partial charge in [-0.25, -0.2) is 17.5 Å². The molecule has 2 aromatic rings. The maximum Gasteiger partial charge on any atom is 0.345 e. The van der Waals surface area contributed by atoms with Gasteiger partial charge in [0.25, 0.3) is 0 Å². The van der Waals surface area contributed by atoms with Crippen LogP contribution >= 0.6 is 11.6 Å². The summed E-state index contributed by atoms with van der Waals surface area (Å²) < 4.78 is 30.6. The molecule has 132 valence electrons. The Bertz CT molecular complexity index is 938. The maximum atomic E-state index is 12.4. The number of carbonyl (C=O) groups is 2. The number of sulfonamides is 1. The third-order valence-electron chi connectivity index (χ3n) is 3.39. The van der Waals surface area contributed by atoms with E-state index >= 15 is 0 Å². The Balaban J connectivity index is 2.37. The molecule has 8 heteroatoms. The number of rotatable bonds is 5. The van der Waals surface area contributed by atoms with Gasteiger partial charge in [0.2, 0.25) is 10.0 Å². The molecule has 0 N–H and O–H groups in total. The Kier molecular flexibility index (Phi) is 5.62. The van der Waals surface area contributed by atoms with Gasteiger partial charge in [-0.2, -0.15) is 0 Å². The molecule has 0 spiro atoms. The van der Waals surface area contributed by atoms with Gasteiger partial charge in [-0.15, -0.1) is 0 Å². The molecular formula is C17H16ClNO5S. The molecule has 6 nitrogen and oxygen atoms in total. The zero-order valence-corrected chi connectivity index (χ0v) is 15.4. The summed E-state index contributed by atoms with van der Waals surface area (Å²) in [6.45, 7) is 1.40. The number of carbonyl (C=O) groups excluding carboxylic acids is 2. The molecule has 0 heterocycles. The number of hydrogen-bond donors (Lipinski definition) is 0. The molecule has 0 unspecified atom stereocenters. The highest BCUT2D eigenvalue weighted by Gasteiger charge is 2.21. The highest BCUT2D eigenvalue weighted by molar-refractivity contribution is 7.89. The minimum absolute atomic E-state index is 0.0606. The number of hydrogen-bond acceptors (Lipinski definition) is 5. The predicted molar refractivity (Wildman–Crippen MR) is 93.7 cm³/mol. The molecular weight excluding hydrogens is 366 g/mol. The van der Waals surface area contributed by atoms with Crippen molar-refractivity contribution in [2.75, 3.05) is 14.1 Å². The summed E-state index contributed by atoms with van der Waals surface area (Å²) in [5.41, 5.74) is 0.304. The van der Waals surface area contributed by atoms with Crippen molar-refractivity contribution < 1.29 is 22.7 Å². The molecule has 0 fully saturated rings. The van der Waals surface area contributed by atoms with E-state index in [0.29, 0.717) is 5.56 Å². The van der Waals surface area contributed by atoms with Gasteiger partial charge in [0.1, 0.15) is 5.75 Å². The largest absolute Gasteiger partial charge is 0.423 e. The van der Waals surface area contributed by atoms with Gasteiger partial charge in [-0.3, -0.25) is 4.79 Å². The van der Waals surface area contributed by atoms with Gasteiger partial charge in [-0.05, 0) is 37.3 Å². The molecule has 0 aliphatic rings. The third-order valence-corrected chi connectivity index (χ3v) is 5.53. The number of benzene rings is 2. The SMILES string of the molecule is CC(=O)c1cccc(OC(=O)c2cc(S(=O)(=O)N(C)C)ccc2Cl)c1. The van der Waals surface area contributed by atoms with Crippen molar-refractivity contribution in [3.63, 3.8) is 0 Å². The first-order valence-corrected chi connectivity index (χ1v) is 9.00. The predicted octanol–water partition coefficient (Wildman–Crippen LogP) is 3.01. The van der Waals surface area contributed by atoms with E-state index in [-0.39, 0.29) is 27.0 Å². The van der Waals surface area contributed by atoms with Gasteiger partial charge in [0, 0.05) is 19.7 Å². The molecule has 0 atom stereocenters. The summed E-state index contributed by atoms with van der Waals surface area (Å²) in [5, 5.41) is 0.0606. The van der Waals surface area contributed by atoms with Crippen LogP contribution in [0.25, 0.3) is 0 Å². The van der Waals surface area contributed by atoms with Crippen LogP contribution in [0.3, 0.4) is 0 Å². The van der Waals surface area contributed by atoms with Gasteiger partial charge in [0.05, 0.1) is 15.5 Å². The van der Waals surface area contributed by atoms with Crippen LogP contribution in [0.5, 0.6) is 5.75 Å². The molecule has 0 aromatic heterocycles. The summed E-state index contributed by atoms with van der Waals surface area (Å²) >= 11 is 6.01. The molecule has 0 amide bonds. The number of nitrogens with zero attached hydrogens (tertiary/aromatic N) is 1. The molecule has 0 bridgehead atoms. The van der Waals surface area contributed by atoms with Crippen molar-refractivity contribution in [3.8, 4) is 5.75 Å². The molecule has 0 radical (unpaired) electrons. The Morgan fingerprint density at radius 1 is 1.08 bits per heavy atom. The van der Waals surface area contributed by atoms with Crippen molar-refractivity contribution in [1.82, 2.24) is 4.31 Å². The lowest BCUT2D eigenvalue weighted by atomic mass is 10.1. The van der Waals surface area contributed by atoms with Crippen LogP contribution in [-0.4, -0.2) is 38.6 Å². The Labute approximate surface area is 151 Å². The average Bonchev–Trinajstić information content (AvgIpc) is 2.55. The Hall–Kier alpha value is -2.22. The summed E-state index contributed by atoms with van der Waals surface area (Å²) in [6, 6.07) is 9.90. The summed E-state index contributed by atoms with van der Waals surface area (Å²) in [6.07, 6.45) is 0. The quantitative estimate of drug-likeness (QED) is 0.452. The molecule has 0 aliphatic carbocycles. The average molecular weight is 382 g/mol. The van der Waals surface area contributed by atoms with Crippen LogP contribution < -0.4 is 4.74 Å². The number of ketones is 1. The number of esters is 1. The van der Waals surface area contributed by atoms with Crippen LogP contribution in [0.2, 0.25) is 5.02 Å². The topological polar surface area (TPSA) is 80.8 Å². The Morgan fingerprint density at radius 2 is 1.76 bits per heavy atom. The van der Waals surface area contributed by atoms with Gasteiger partial charge in [0.15, 0.2) is 5.78 Å². The summed E-state index contributed by atoms with van der Waals surface area (Å²) in [5.74, 6) is -0.828. The monoisotopic (exact) mass is 381 g/mol. The van der Waals surface area contributed by atoms with Crippen LogP contribution in [0.4, 0.5) is 0 Å². The maximum absolute atomic E-state index is 12.4. The Morgan fingerprint density at radius 3 is 2.36 bits per heavy atom. The normalized spacial score (nSPS) is 11.4. The van der Waals surface area contributed by atoms with Gasteiger partial charge < -0.3 is 4.74 Å². The zero-order valence-electron chi connectivity index (χ0n) is 13.8. The molecule has 2 aromatic carbocycles. The fourth-order valence-corrected chi connectivity index (χ4v) is 3.10. The van der Waals surface area contributed by atoms with E-state index in [1.165, 1.54) is 45.3 Å². The molecule has 25 heavy (non-hydrogen) atoms. The summed E-state index contributed by atoms with van der Waals surface area (Å²) in [4.78, 5) is 23.7. The first-order chi connectivity index (χ1) is 11.6. The number of ether oxygens (including phenoxy) is 1. The first kappa shape index (κ1) is 19.1. The fourth-order valence-electron chi connectivity index (χ4n) is 1.97. The molecule has 0 saturated heterocycles. The van der Waals surface area contributed by atoms with Crippen LogP contribution in [0.15, 0.2) is 47.4 Å². The van der Waals surface area contributed by atoms with Crippen LogP contribution in [0, 0.1) is 0 Å².